The smallest absolute Gasteiger partial charge is 0.243 e. The van der Waals surface area contributed by atoms with Gasteiger partial charge in [-0.2, -0.15) is 0 Å². The van der Waals surface area contributed by atoms with Crippen LogP contribution in [0.2, 0.25) is 10.0 Å². The summed E-state index contributed by atoms with van der Waals surface area (Å²) in [5.74, 6) is -0.574. The van der Waals surface area contributed by atoms with E-state index in [4.69, 9.17) is 23.2 Å². The largest absolute Gasteiger partial charge is 0.354 e. The summed E-state index contributed by atoms with van der Waals surface area (Å²) in [6, 6.07) is 21.0. The minimum absolute atomic E-state index is 0.0201. The molecule has 0 saturated carbocycles. The molecule has 10 heteroatoms. The third-order valence-corrected chi connectivity index (χ3v) is 8.59. The normalized spacial score (nSPS) is 12.0. The highest BCUT2D eigenvalue weighted by Gasteiger charge is 2.31. The van der Waals surface area contributed by atoms with Crippen molar-refractivity contribution in [2.45, 2.75) is 52.1 Å². The molecular weight excluding hydrogens is 581 g/mol. The Morgan fingerprint density at radius 1 is 0.927 bits per heavy atom. The Kier molecular flexibility index (Phi) is 12.1. The lowest BCUT2D eigenvalue weighted by atomic mass is 10.0. The zero-order valence-electron chi connectivity index (χ0n) is 23.6. The molecule has 41 heavy (non-hydrogen) atoms. The number of hydrogen-bond acceptors (Lipinski definition) is 4. The molecule has 0 aliphatic carbocycles. The summed E-state index contributed by atoms with van der Waals surface area (Å²) < 4.78 is 26.5. The van der Waals surface area contributed by atoms with Gasteiger partial charge in [-0.1, -0.05) is 84.2 Å². The van der Waals surface area contributed by atoms with Gasteiger partial charge in [-0.15, -0.1) is 0 Å². The van der Waals surface area contributed by atoms with E-state index in [0.29, 0.717) is 34.3 Å². The number of nitrogens with one attached hydrogen (secondary N) is 1. The van der Waals surface area contributed by atoms with Crippen molar-refractivity contribution in [2.75, 3.05) is 23.7 Å². The number of amides is 2. The molecule has 0 radical (unpaired) electrons. The number of carbonyl (C=O) groups is 2. The molecule has 0 aromatic heterocycles. The number of rotatable bonds is 14. The second-order valence-corrected chi connectivity index (χ2v) is 12.7. The summed E-state index contributed by atoms with van der Waals surface area (Å²) in [7, 11) is -3.58. The summed E-state index contributed by atoms with van der Waals surface area (Å²) >= 11 is 13.0. The molecule has 0 unspecified atom stereocenters. The van der Waals surface area contributed by atoms with Gasteiger partial charge in [-0.25, -0.2) is 8.42 Å². The van der Waals surface area contributed by atoms with Crippen LogP contribution in [0.25, 0.3) is 0 Å². The van der Waals surface area contributed by atoms with E-state index in [1.165, 1.54) is 9.21 Å². The molecule has 1 atom stereocenters. The number of carbonyl (C=O) groups excluding carboxylic acids is 2. The molecule has 220 valence electrons. The Bertz CT molecular complexity index is 1400. The second-order valence-electron chi connectivity index (χ2n) is 9.99. The fourth-order valence-corrected chi connectivity index (χ4v) is 5.97. The minimum Gasteiger partial charge on any atom is -0.354 e. The summed E-state index contributed by atoms with van der Waals surface area (Å²) in [5.41, 5.74) is 2.99. The van der Waals surface area contributed by atoms with Gasteiger partial charge in [-0.05, 0) is 49.6 Å². The zero-order chi connectivity index (χ0) is 30.0. The number of hydrogen-bond donors (Lipinski definition) is 1. The minimum atomic E-state index is -3.58. The second kappa shape index (κ2) is 15.2. The molecule has 0 aliphatic rings. The van der Waals surface area contributed by atoms with E-state index < -0.39 is 16.1 Å². The van der Waals surface area contributed by atoms with Crippen LogP contribution >= 0.6 is 23.2 Å². The van der Waals surface area contributed by atoms with Gasteiger partial charge in [0, 0.05) is 48.1 Å². The van der Waals surface area contributed by atoms with Crippen LogP contribution in [0.4, 0.5) is 5.69 Å². The highest BCUT2D eigenvalue weighted by molar-refractivity contribution is 7.92. The number of nitrogens with zero attached hydrogens (tertiary/aromatic N) is 2. The number of benzene rings is 3. The zero-order valence-corrected chi connectivity index (χ0v) is 26.0. The average molecular weight is 619 g/mol. The molecule has 0 bridgehead atoms. The third-order valence-electron chi connectivity index (χ3n) is 6.68. The first kappa shape index (κ1) is 32.4. The average Bonchev–Trinajstić information content (AvgIpc) is 2.93. The lowest BCUT2D eigenvalue weighted by Gasteiger charge is -2.32. The lowest BCUT2D eigenvalue weighted by Crippen LogP contribution is -2.50. The van der Waals surface area contributed by atoms with Crippen LogP contribution in [0.15, 0.2) is 72.8 Å². The Morgan fingerprint density at radius 3 is 2.15 bits per heavy atom. The van der Waals surface area contributed by atoms with E-state index in [9.17, 15) is 18.0 Å². The summed E-state index contributed by atoms with van der Waals surface area (Å²) in [6.45, 7) is 4.50. The van der Waals surface area contributed by atoms with Gasteiger partial charge in [0.25, 0.3) is 0 Å². The van der Waals surface area contributed by atoms with Crippen LogP contribution in [0.5, 0.6) is 0 Å². The van der Waals surface area contributed by atoms with Crippen molar-refractivity contribution < 1.29 is 18.0 Å². The fraction of sp³-hybridized carbons (Fsp3) is 0.355. The summed E-state index contributed by atoms with van der Waals surface area (Å²) in [5, 5.41) is 3.72. The molecule has 1 N–H and O–H groups in total. The molecule has 3 rings (SSSR count). The van der Waals surface area contributed by atoms with E-state index in [1.807, 2.05) is 56.3 Å². The lowest BCUT2D eigenvalue weighted by molar-refractivity contribution is -0.141. The highest BCUT2D eigenvalue weighted by atomic mass is 35.5. The Balaban J connectivity index is 1.91. The van der Waals surface area contributed by atoms with Gasteiger partial charge in [0.1, 0.15) is 6.04 Å². The number of aryl methyl sites for hydroxylation is 1. The van der Waals surface area contributed by atoms with Gasteiger partial charge in [0.05, 0.1) is 11.9 Å². The molecule has 3 aromatic carbocycles. The van der Waals surface area contributed by atoms with Gasteiger partial charge < -0.3 is 10.2 Å². The first-order chi connectivity index (χ1) is 19.5. The molecule has 0 fully saturated rings. The third kappa shape index (κ3) is 9.48. The van der Waals surface area contributed by atoms with Crippen molar-refractivity contribution in [2.24, 2.45) is 0 Å². The van der Waals surface area contributed by atoms with E-state index >= 15 is 0 Å². The SMILES string of the molecule is CCCNC(=O)[C@H](Cc1ccccc1)N(Cc1c(Cl)cccc1Cl)C(=O)CCCN(c1ccc(C)cc1)S(C)(=O)=O. The van der Waals surface area contributed by atoms with Crippen LogP contribution in [0.3, 0.4) is 0 Å². The quantitative estimate of drug-likeness (QED) is 0.240. The van der Waals surface area contributed by atoms with Crippen molar-refractivity contribution in [3.05, 3.63) is 99.5 Å². The van der Waals surface area contributed by atoms with Crippen LogP contribution in [-0.2, 0) is 32.6 Å². The van der Waals surface area contributed by atoms with E-state index in [-0.39, 0.29) is 37.7 Å². The Morgan fingerprint density at radius 2 is 1.56 bits per heavy atom. The molecule has 0 aliphatic heterocycles. The van der Waals surface area contributed by atoms with Gasteiger partial charge >= 0.3 is 0 Å². The molecule has 3 aromatic rings. The fourth-order valence-electron chi connectivity index (χ4n) is 4.49. The van der Waals surface area contributed by atoms with Gasteiger partial charge in [-0.3, -0.25) is 13.9 Å². The van der Waals surface area contributed by atoms with Crippen LogP contribution in [-0.4, -0.2) is 50.5 Å². The molecule has 2 amide bonds. The first-order valence-corrected chi connectivity index (χ1v) is 16.2. The predicted octanol–water partition coefficient (Wildman–Crippen LogP) is 6.01. The molecule has 0 spiro atoms. The standard InChI is InChI=1S/C31H37Cl2N3O4S/c1-4-19-34-31(38)29(21-24-10-6-5-7-11-24)35(22-26-27(32)12-8-13-28(26)33)30(37)14-9-20-36(41(3,39)40)25-17-15-23(2)16-18-25/h5-8,10-13,15-18,29H,4,9,14,19-22H2,1-3H3,(H,34,38)/t29-/m0/s1. The molecular formula is C31H37Cl2N3O4S. The topological polar surface area (TPSA) is 86.8 Å². The number of halogens is 2. The first-order valence-electron chi connectivity index (χ1n) is 13.6. The molecule has 0 heterocycles. The Labute approximate surface area is 253 Å². The van der Waals surface area contributed by atoms with Crippen LogP contribution in [0, 0.1) is 6.92 Å². The maximum Gasteiger partial charge on any atom is 0.243 e. The number of anilines is 1. The Hall–Kier alpha value is -3.07. The van der Waals surface area contributed by atoms with Crippen LogP contribution in [0.1, 0.15) is 42.9 Å². The van der Waals surface area contributed by atoms with Gasteiger partial charge in [0.15, 0.2) is 0 Å². The van der Waals surface area contributed by atoms with Crippen molar-refractivity contribution in [1.29, 1.82) is 0 Å². The van der Waals surface area contributed by atoms with Crippen LogP contribution < -0.4 is 9.62 Å². The van der Waals surface area contributed by atoms with Gasteiger partial charge in [0.2, 0.25) is 21.8 Å². The molecule has 7 nitrogen and oxygen atoms in total. The number of sulfonamides is 1. The summed E-state index contributed by atoms with van der Waals surface area (Å²) in [6.07, 6.45) is 2.46. The van der Waals surface area contributed by atoms with Crippen molar-refractivity contribution in [3.8, 4) is 0 Å². The van der Waals surface area contributed by atoms with Crippen molar-refractivity contribution >= 4 is 50.7 Å². The van der Waals surface area contributed by atoms with Crippen molar-refractivity contribution in [3.63, 3.8) is 0 Å². The highest BCUT2D eigenvalue weighted by Crippen LogP contribution is 2.28. The van der Waals surface area contributed by atoms with E-state index in [0.717, 1.165) is 23.8 Å². The predicted molar refractivity (Wildman–Crippen MR) is 167 cm³/mol. The maximum absolute atomic E-state index is 13.9. The summed E-state index contributed by atoms with van der Waals surface area (Å²) in [4.78, 5) is 28.9. The van der Waals surface area contributed by atoms with E-state index in [2.05, 4.69) is 5.32 Å². The van der Waals surface area contributed by atoms with Crippen molar-refractivity contribution in [1.82, 2.24) is 10.2 Å². The van der Waals surface area contributed by atoms with E-state index in [1.54, 1.807) is 30.3 Å². The molecule has 0 saturated heterocycles. The maximum atomic E-state index is 13.9. The monoisotopic (exact) mass is 617 g/mol.